The van der Waals surface area contributed by atoms with Crippen molar-refractivity contribution in [2.75, 3.05) is 0 Å². The zero-order chi connectivity index (χ0) is 19.0. The standard InChI is InChI=1S/C22H37N3O2/c1-14(20(26)25-21(27)24-19-6-4-3-5-7-19)23-15(2)22-11-16-8-17(12-22)10-18(9-16)13-22/h14-19,23H,3-13H2,1-2H3,(H2,24,25,26,27)/t14-,15+,16?,17?,18?,22?/m0/s1. The third-order valence-corrected chi connectivity index (χ3v) is 8.07. The van der Waals surface area contributed by atoms with Crippen molar-refractivity contribution < 1.29 is 9.59 Å². The highest BCUT2D eigenvalue weighted by atomic mass is 16.2. The molecular weight excluding hydrogens is 338 g/mol. The molecule has 27 heavy (non-hydrogen) atoms. The van der Waals surface area contributed by atoms with Gasteiger partial charge in [-0.1, -0.05) is 19.3 Å². The molecule has 4 bridgehead atoms. The minimum atomic E-state index is -0.342. The number of imide groups is 1. The molecule has 5 heteroatoms. The maximum atomic E-state index is 12.5. The van der Waals surface area contributed by atoms with Crippen LogP contribution in [0.25, 0.3) is 0 Å². The van der Waals surface area contributed by atoms with Crippen LogP contribution in [0.2, 0.25) is 0 Å². The molecule has 0 aromatic heterocycles. The maximum absolute atomic E-state index is 12.5. The molecule has 0 aromatic carbocycles. The van der Waals surface area contributed by atoms with E-state index in [-0.39, 0.29) is 24.0 Å². The van der Waals surface area contributed by atoms with Crippen LogP contribution in [0.4, 0.5) is 4.79 Å². The van der Waals surface area contributed by atoms with Crippen LogP contribution >= 0.6 is 0 Å². The first-order valence-corrected chi connectivity index (χ1v) is 11.3. The summed E-state index contributed by atoms with van der Waals surface area (Å²) in [5, 5.41) is 9.08. The van der Waals surface area contributed by atoms with Gasteiger partial charge in [0.25, 0.3) is 0 Å². The molecule has 5 rings (SSSR count). The molecule has 5 nitrogen and oxygen atoms in total. The highest BCUT2D eigenvalue weighted by molar-refractivity contribution is 5.96. The number of hydrogen-bond acceptors (Lipinski definition) is 3. The van der Waals surface area contributed by atoms with Gasteiger partial charge in [0.15, 0.2) is 0 Å². The number of carbonyl (C=O) groups is 2. The average molecular weight is 376 g/mol. The molecular formula is C22H37N3O2. The summed E-state index contributed by atoms with van der Waals surface area (Å²) in [6.07, 6.45) is 13.9. The van der Waals surface area contributed by atoms with Gasteiger partial charge in [0.05, 0.1) is 6.04 Å². The summed E-state index contributed by atoms with van der Waals surface area (Å²) in [6, 6.07) is -0.123. The molecule has 5 fully saturated rings. The molecule has 3 amide bonds. The quantitative estimate of drug-likeness (QED) is 0.686. The van der Waals surface area contributed by atoms with Gasteiger partial charge in [0.1, 0.15) is 0 Å². The van der Waals surface area contributed by atoms with Gasteiger partial charge in [0.2, 0.25) is 5.91 Å². The molecule has 0 spiro atoms. The lowest BCUT2D eigenvalue weighted by atomic mass is 9.48. The van der Waals surface area contributed by atoms with Gasteiger partial charge in [0, 0.05) is 12.1 Å². The molecule has 0 aliphatic heterocycles. The number of urea groups is 1. The Morgan fingerprint density at radius 2 is 1.44 bits per heavy atom. The second-order valence-corrected chi connectivity index (χ2v) is 10.2. The number of amides is 3. The van der Waals surface area contributed by atoms with E-state index in [1.54, 1.807) is 0 Å². The molecule has 0 saturated heterocycles. The summed E-state index contributed by atoms with van der Waals surface area (Å²) in [6.45, 7) is 4.15. The van der Waals surface area contributed by atoms with Gasteiger partial charge >= 0.3 is 6.03 Å². The Labute approximate surface area is 163 Å². The van der Waals surface area contributed by atoms with Crippen molar-refractivity contribution >= 4 is 11.9 Å². The van der Waals surface area contributed by atoms with Crippen LogP contribution in [0.5, 0.6) is 0 Å². The Morgan fingerprint density at radius 1 is 0.889 bits per heavy atom. The van der Waals surface area contributed by atoms with Crippen molar-refractivity contribution in [1.29, 1.82) is 0 Å². The van der Waals surface area contributed by atoms with E-state index in [0.717, 1.165) is 30.6 Å². The van der Waals surface area contributed by atoms with Gasteiger partial charge < -0.3 is 10.6 Å². The zero-order valence-corrected chi connectivity index (χ0v) is 17.1. The predicted molar refractivity (Wildman–Crippen MR) is 106 cm³/mol. The molecule has 3 N–H and O–H groups in total. The highest BCUT2D eigenvalue weighted by Crippen LogP contribution is 2.61. The molecule has 5 aliphatic carbocycles. The van der Waals surface area contributed by atoms with Gasteiger partial charge in [-0.05, 0) is 88.4 Å². The third kappa shape index (κ3) is 4.18. The molecule has 152 valence electrons. The fourth-order valence-corrected chi connectivity index (χ4v) is 7.02. The van der Waals surface area contributed by atoms with Gasteiger partial charge in [-0.15, -0.1) is 0 Å². The molecule has 2 atom stereocenters. The first-order chi connectivity index (χ1) is 12.9. The van der Waals surface area contributed by atoms with Crippen molar-refractivity contribution in [3.8, 4) is 0 Å². The van der Waals surface area contributed by atoms with Gasteiger partial charge in [-0.2, -0.15) is 0 Å². The lowest BCUT2D eigenvalue weighted by Crippen LogP contribution is -2.58. The van der Waals surface area contributed by atoms with E-state index in [0.29, 0.717) is 11.5 Å². The van der Waals surface area contributed by atoms with Crippen LogP contribution in [0.1, 0.15) is 84.5 Å². The Hall–Kier alpha value is -1.10. The molecule has 5 saturated carbocycles. The lowest BCUT2D eigenvalue weighted by Gasteiger charge is -2.59. The Balaban J connectivity index is 1.27. The van der Waals surface area contributed by atoms with E-state index >= 15 is 0 Å². The number of nitrogens with one attached hydrogen (secondary N) is 3. The molecule has 5 aliphatic rings. The van der Waals surface area contributed by atoms with Crippen molar-refractivity contribution in [2.24, 2.45) is 23.2 Å². The van der Waals surface area contributed by atoms with Gasteiger partial charge in [-0.25, -0.2) is 4.79 Å². The van der Waals surface area contributed by atoms with Crippen molar-refractivity contribution in [3.05, 3.63) is 0 Å². The normalized spacial score (nSPS) is 37.6. The predicted octanol–water partition coefficient (Wildman–Crippen LogP) is 3.73. The number of carbonyl (C=O) groups excluding carboxylic acids is 2. The van der Waals surface area contributed by atoms with E-state index in [1.165, 1.54) is 57.8 Å². The van der Waals surface area contributed by atoms with Crippen LogP contribution < -0.4 is 16.0 Å². The Kier molecular flexibility index (Phi) is 5.50. The second kappa shape index (κ2) is 7.73. The fourth-order valence-electron chi connectivity index (χ4n) is 7.02. The number of hydrogen-bond donors (Lipinski definition) is 3. The molecule has 0 aromatic rings. The average Bonchev–Trinajstić information content (AvgIpc) is 2.61. The first-order valence-electron chi connectivity index (χ1n) is 11.3. The highest BCUT2D eigenvalue weighted by Gasteiger charge is 2.53. The smallest absolute Gasteiger partial charge is 0.321 e. The summed E-state index contributed by atoms with van der Waals surface area (Å²) >= 11 is 0. The lowest BCUT2D eigenvalue weighted by molar-refractivity contribution is -0.123. The fraction of sp³-hybridized carbons (Fsp3) is 0.909. The Bertz CT molecular complexity index is 535. The monoisotopic (exact) mass is 375 g/mol. The Morgan fingerprint density at radius 3 is 2.00 bits per heavy atom. The van der Waals surface area contributed by atoms with Crippen molar-refractivity contribution in [3.63, 3.8) is 0 Å². The molecule has 0 unspecified atom stereocenters. The van der Waals surface area contributed by atoms with E-state index < -0.39 is 0 Å². The summed E-state index contributed by atoms with van der Waals surface area (Å²) in [4.78, 5) is 24.7. The zero-order valence-electron chi connectivity index (χ0n) is 17.1. The van der Waals surface area contributed by atoms with Gasteiger partial charge in [-0.3, -0.25) is 10.1 Å². The summed E-state index contributed by atoms with van der Waals surface area (Å²) < 4.78 is 0. The third-order valence-electron chi connectivity index (χ3n) is 8.07. The van der Waals surface area contributed by atoms with E-state index in [4.69, 9.17) is 0 Å². The SMILES string of the molecule is C[C@H](N[C@H](C)C12CC3CC(CC(C3)C1)C2)C(=O)NC(=O)NC1CCCCC1. The van der Waals surface area contributed by atoms with E-state index in [9.17, 15) is 9.59 Å². The largest absolute Gasteiger partial charge is 0.335 e. The van der Waals surface area contributed by atoms with Crippen molar-refractivity contribution in [2.45, 2.75) is 103 Å². The molecule has 0 radical (unpaired) electrons. The van der Waals surface area contributed by atoms with Crippen molar-refractivity contribution in [1.82, 2.24) is 16.0 Å². The minimum Gasteiger partial charge on any atom is -0.335 e. The van der Waals surface area contributed by atoms with Crippen LogP contribution in [0, 0.1) is 23.2 Å². The van der Waals surface area contributed by atoms with Crippen LogP contribution in [0.15, 0.2) is 0 Å². The first kappa shape index (κ1) is 19.2. The molecule has 0 heterocycles. The number of rotatable bonds is 5. The summed E-state index contributed by atoms with van der Waals surface area (Å²) in [5.41, 5.74) is 0.369. The maximum Gasteiger partial charge on any atom is 0.321 e. The van der Waals surface area contributed by atoms with Crippen LogP contribution in [-0.4, -0.2) is 30.1 Å². The summed E-state index contributed by atoms with van der Waals surface area (Å²) in [5.74, 6) is 2.52. The van der Waals surface area contributed by atoms with Crippen LogP contribution in [-0.2, 0) is 4.79 Å². The minimum absolute atomic E-state index is 0.208. The van der Waals surface area contributed by atoms with E-state index in [2.05, 4.69) is 22.9 Å². The van der Waals surface area contributed by atoms with Crippen LogP contribution in [0.3, 0.4) is 0 Å². The second-order valence-electron chi connectivity index (χ2n) is 10.2. The topological polar surface area (TPSA) is 70.2 Å². The van der Waals surface area contributed by atoms with E-state index in [1.807, 2.05) is 6.92 Å². The summed E-state index contributed by atoms with van der Waals surface area (Å²) in [7, 11) is 0.